The van der Waals surface area contributed by atoms with E-state index in [1.165, 1.54) is 18.4 Å². The molecule has 1 aliphatic carbocycles. The number of rotatable bonds is 2. The number of benzene rings is 1. The maximum Gasteiger partial charge on any atom is 0.254 e. The molecule has 0 amide bonds. The molecule has 6 heteroatoms. The van der Waals surface area contributed by atoms with Crippen molar-refractivity contribution in [2.75, 3.05) is 5.32 Å². The maximum absolute atomic E-state index is 5.74. The van der Waals surface area contributed by atoms with E-state index in [-0.39, 0.29) is 0 Å². The minimum atomic E-state index is 0.647. The van der Waals surface area contributed by atoms with Gasteiger partial charge in [0.1, 0.15) is 20.0 Å². The summed E-state index contributed by atoms with van der Waals surface area (Å²) in [4.78, 5) is 8.85. The minimum Gasteiger partial charge on any atom is -0.340 e. The van der Waals surface area contributed by atoms with E-state index < -0.39 is 0 Å². The van der Waals surface area contributed by atoms with Crippen molar-refractivity contribution in [3.05, 3.63) is 41.9 Å². The average molecular weight is 275 g/mol. The number of aromatic nitrogens is 4. The molecule has 1 N–H and O–H groups in total. The van der Waals surface area contributed by atoms with Crippen LogP contribution in [0, 0.1) is 0 Å². The molecule has 0 unspecified atom stereocenters. The van der Waals surface area contributed by atoms with E-state index in [0.29, 0.717) is 5.78 Å². The number of hydrogen-bond acceptors (Lipinski definition) is 4. The summed E-state index contributed by atoms with van der Waals surface area (Å²) in [5.74, 6) is 1.62. The van der Waals surface area contributed by atoms with Gasteiger partial charge in [-0.2, -0.15) is 14.6 Å². The van der Waals surface area contributed by atoms with Gasteiger partial charge in [0.05, 0.1) is 5.69 Å². The summed E-state index contributed by atoms with van der Waals surface area (Å²) in [5.41, 5.74) is 4.12. The molecule has 102 valence electrons. The summed E-state index contributed by atoms with van der Waals surface area (Å²) in [6.45, 7) is 0. The highest BCUT2D eigenvalue weighted by Gasteiger charge is 2.19. The Balaban J connectivity index is 1.85. The van der Waals surface area contributed by atoms with Crippen molar-refractivity contribution in [2.45, 2.75) is 25.7 Å². The lowest BCUT2D eigenvalue weighted by molar-refractivity contribution is 0.662. The Labute approximate surface area is 123 Å². The molecular weight excluding hydrogens is 261 g/mol. The molecule has 1 aliphatic rings. The first-order valence-electron chi connectivity index (χ1n) is 7.15. The van der Waals surface area contributed by atoms with Crippen LogP contribution in [0.4, 0.5) is 11.5 Å². The third-order valence-corrected chi connectivity index (χ3v) is 3.87. The lowest BCUT2D eigenvalue weighted by atomic mass is 9.95. The molecule has 5 nitrogen and oxygen atoms in total. The second-order valence-electron chi connectivity index (χ2n) is 5.31. The van der Waals surface area contributed by atoms with E-state index in [9.17, 15) is 0 Å². The van der Waals surface area contributed by atoms with Gasteiger partial charge in [-0.25, -0.2) is 4.98 Å². The first kappa shape index (κ1) is 12.4. The second-order valence-corrected chi connectivity index (χ2v) is 5.31. The number of hydrogen-bond donors (Lipinski definition) is 1. The molecular formula is C15H14BN5. The van der Waals surface area contributed by atoms with Crippen molar-refractivity contribution in [1.29, 1.82) is 0 Å². The van der Waals surface area contributed by atoms with Crippen molar-refractivity contribution in [1.82, 2.24) is 19.6 Å². The highest BCUT2D eigenvalue weighted by molar-refractivity contribution is 6.32. The lowest BCUT2D eigenvalue weighted by Crippen LogP contribution is -2.14. The van der Waals surface area contributed by atoms with Crippen LogP contribution in [0.1, 0.15) is 24.1 Å². The Morgan fingerprint density at radius 1 is 1.10 bits per heavy atom. The molecule has 0 bridgehead atoms. The predicted molar refractivity (Wildman–Crippen MR) is 82.5 cm³/mol. The number of nitrogens with zero attached hydrogens (tertiary/aromatic N) is 4. The number of aryl methyl sites for hydroxylation is 1. The minimum absolute atomic E-state index is 0.647. The summed E-state index contributed by atoms with van der Waals surface area (Å²) in [6, 6.07) is 7.70. The van der Waals surface area contributed by atoms with Gasteiger partial charge in [-0.05, 0) is 37.8 Å². The van der Waals surface area contributed by atoms with Gasteiger partial charge >= 0.3 is 0 Å². The molecule has 3 aromatic rings. The maximum atomic E-state index is 5.74. The second kappa shape index (κ2) is 4.88. The molecule has 0 spiro atoms. The Hall–Kier alpha value is -2.37. The van der Waals surface area contributed by atoms with Gasteiger partial charge < -0.3 is 5.32 Å². The SMILES string of the molecule is [B]c1ccc(Nc2c3c(nc4ncnn24)CCCC3)cc1. The van der Waals surface area contributed by atoms with Crippen LogP contribution < -0.4 is 10.8 Å². The highest BCUT2D eigenvalue weighted by atomic mass is 15.4. The molecule has 0 fully saturated rings. The monoisotopic (exact) mass is 275 g/mol. The summed E-state index contributed by atoms with van der Waals surface area (Å²) in [7, 11) is 5.74. The molecule has 2 radical (unpaired) electrons. The Kier molecular flexibility index (Phi) is 2.87. The van der Waals surface area contributed by atoms with Gasteiger partial charge in [0.15, 0.2) is 0 Å². The van der Waals surface area contributed by atoms with Crippen LogP contribution in [-0.4, -0.2) is 27.4 Å². The molecule has 2 aromatic heterocycles. The fourth-order valence-electron chi connectivity index (χ4n) is 2.82. The third-order valence-electron chi connectivity index (χ3n) is 3.87. The van der Waals surface area contributed by atoms with Crippen LogP contribution in [0.2, 0.25) is 0 Å². The fourth-order valence-corrected chi connectivity index (χ4v) is 2.82. The van der Waals surface area contributed by atoms with E-state index in [4.69, 9.17) is 7.85 Å². The van der Waals surface area contributed by atoms with Crippen molar-refractivity contribution < 1.29 is 0 Å². The molecule has 0 saturated carbocycles. The average Bonchev–Trinajstić information content (AvgIpc) is 2.97. The van der Waals surface area contributed by atoms with Crippen molar-refractivity contribution >= 4 is 30.6 Å². The summed E-state index contributed by atoms with van der Waals surface area (Å²) >= 11 is 0. The molecule has 4 rings (SSSR count). The fraction of sp³-hybridized carbons (Fsp3) is 0.267. The van der Waals surface area contributed by atoms with E-state index >= 15 is 0 Å². The first-order valence-corrected chi connectivity index (χ1v) is 7.15. The van der Waals surface area contributed by atoms with Crippen LogP contribution in [0.3, 0.4) is 0 Å². The van der Waals surface area contributed by atoms with Gasteiger partial charge in [-0.1, -0.05) is 17.6 Å². The van der Waals surface area contributed by atoms with E-state index in [2.05, 4.69) is 20.4 Å². The standard InChI is InChI=1S/C15H14BN5/c16-10-5-7-11(8-6-10)19-14-12-3-1-2-4-13(12)20-15-17-9-18-21(14)15/h5-9,19H,1-4H2. The normalized spacial score (nSPS) is 14.1. The summed E-state index contributed by atoms with van der Waals surface area (Å²) < 4.78 is 1.78. The zero-order chi connectivity index (χ0) is 14.2. The van der Waals surface area contributed by atoms with Crippen LogP contribution in [0.5, 0.6) is 0 Å². The zero-order valence-corrected chi connectivity index (χ0v) is 11.6. The Morgan fingerprint density at radius 2 is 1.90 bits per heavy atom. The number of nitrogens with one attached hydrogen (secondary N) is 1. The van der Waals surface area contributed by atoms with E-state index in [1.54, 1.807) is 10.8 Å². The molecule has 21 heavy (non-hydrogen) atoms. The lowest BCUT2D eigenvalue weighted by Gasteiger charge is -2.20. The predicted octanol–water partition coefficient (Wildman–Crippen LogP) is 1.54. The Morgan fingerprint density at radius 3 is 2.76 bits per heavy atom. The number of fused-ring (bicyclic) bond motifs is 2. The summed E-state index contributed by atoms with van der Waals surface area (Å²) in [6.07, 6.45) is 5.95. The first-order chi connectivity index (χ1) is 10.3. The van der Waals surface area contributed by atoms with Crippen LogP contribution in [0.15, 0.2) is 30.6 Å². The van der Waals surface area contributed by atoms with Gasteiger partial charge in [0, 0.05) is 11.3 Å². The topological polar surface area (TPSA) is 55.1 Å². The third kappa shape index (κ3) is 2.16. The van der Waals surface area contributed by atoms with Gasteiger partial charge in [-0.3, -0.25) is 0 Å². The highest BCUT2D eigenvalue weighted by Crippen LogP contribution is 2.28. The molecule has 2 heterocycles. The quantitative estimate of drug-likeness (QED) is 0.721. The smallest absolute Gasteiger partial charge is 0.254 e. The molecule has 0 aliphatic heterocycles. The van der Waals surface area contributed by atoms with E-state index in [0.717, 1.165) is 35.5 Å². The van der Waals surface area contributed by atoms with Crippen molar-refractivity contribution in [3.8, 4) is 0 Å². The molecule has 0 saturated heterocycles. The van der Waals surface area contributed by atoms with Crippen LogP contribution in [-0.2, 0) is 12.8 Å². The van der Waals surface area contributed by atoms with Gasteiger partial charge in [0.2, 0.25) is 0 Å². The zero-order valence-electron chi connectivity index (χ0n) is 11.6. The molecule has 1 aromatic carbocycles. The van der Waals surface area contributed by atoms with Gasteiger partial charge in [-0.15, -0.1) is 0 Å². The summed E-state index contributed by atoms with van der Waals surface area (Å²) in [5, 5.41) is 7.75. The van der Waals surface area contributed by atoms with Crippen LogP contribution >= 0.6 is 0 Å². The molecule has 0 atom stereocenters. The van der Waals surface area contributed by atoms with E-state index in [1.807, 2.05) is 24.3 Å². The number of anilines is 2. The van der Waals surface area contributed by atoms with Gasteiger partial charge in [0.25, 0.3) is 5.78 Å². The Bertz CT molecular complexity index is 794. The van der Waals surface area contributed by atoms with Crippen molar-refractivity contribution in [3.63, 3.8) is 0 Å². The largest absolute Gasteiger partial charge is 0.340 e. The van der Waals surface area contributed by atoms with Crippen molar-refractivity contribution in [2.24, 2.45) is 0 Å². The van der Waals surface area contributed by atoms with Crippen LogP contribution in [0.25, 0.3) is 5.78 Å².